The first-order valence-electron chi connectivity index (χ1n) is 6.24. The van der Waals surface area contributed by atoms with Gasteiger partial charge in [-0.2, -0.15) is 0 Å². The smallest absolute Gasteiger partial charge is 0.216 e. The molecule has 3 nitrogen and oxygen atoms in total. The zero-order valence-corrected chi connectivity index (χ0v) is 13.1. The molecule has 0 amide bonds. The Morgan fingerprint density at radius 2 is 1.81 bits per heavy atom. The largest absolute Gasteiger partial charge is 0.392 e. The number of pyridine rings is 1. The lowest BCUT2D eigenvalue weighted by Gasteiger charge is -2.10. The summed E-state index contributed by atoms with van der Waals surface area (Å²) in [6, 6.07) is 11.0. The Morgan fingerprint density at radius 3 is 2.43 bits per heavy atom. The number of alkyl halides is 3. The van der Waals surface area contributed by atoms with Gasteiger partial charge in [0.15, 0.2) is 0 Å². The molecular formula is C15H11Cl3N2O. The van der Waals surface area contributed by atoms with Crippen LogP contribution in [0.4, 0.5) is 0 Å². The van der Waals surface area contributed by atoms with Gasteiger partial charge in [-0.15, -0.1) is 0 Å². The number of aliphatic hydroxyl groups excluding tert-OH is 1. The number of fused-ring (bicyclic) bond motifs is 1. The number of imidazole rings is 1. The second kappa shape index (κ2) is 5.50. The van der Waals surface area contributed by atoms with E-state index in [0.29, 0.717) is 5.56 Å². The van der Waals surface area contributed by atoms with Gasteiger partial charge in [-0.3, -0.25) is 0 Å². The van der Waals surface area contributed by atoms with Crippen LogP contribution in [0.3, 0.4) is 0 Å². The van der Waals surface area contributed by atoms with Crippen molar-refractivity contribution >= 4 is 40.4 Å². The molecule has 0 aliphatic carbocycles. The van der Waals surface area contributed by atoms with E-state index in [1.807, 2.05) is 41.1 Å². The zero-order valence-electron chi connectivity index (χ0n) is 10.8. The van der Waals surface area contributed by atoms with Gasteiger partial charge in [-0.05, 0) is 6.07 Å². The maximum atomic E-state index is 9.34. The Labute approximate surface area is 136 Å². The highest BCUT2D eigenvalue weighted by molar-refractivity contribution is 6.66. The minimum Gasteiger partial charge on any atom is -0.392 e. The minimum atomic E-state index is -1.43. The van der Waals surface area contributed by atoms with E-state index in [4.69, 9.17) is 34.8 Å². The van der Waals surface area contributed by atoms with Crippen LogP contribution in [0.1, 0.15) is 11.1 Å². The predicted octanol–water partition coefficient (Wildman–Crippen LogP) is 4.32. The number of halogens is 3. The maximum absolute atomic E-state index is 9.34. The molecule has 6 heteroatoms. The monoisotopic (exact) mass is 340 g/mol. The molecule has 0 unspecified atom stereocenters. The molecule has 2 aromatic heterocycles. The molecule has 3 rings (SSSR count). The summed E-state index contributed by atoms with van der Waals surface area (Å²) in [5.41, 5.74) is 3.84. The second-order valence-electron chi connectivity index (χ2n) is 4.62. The van der Waals surface area contributed by atoms with Crippen molar-refractivity contribution in [3.05, 3.63) is 59.9 Å². The van der Waals surface area contributed by atoms with Gasteiger partial charge in [0.05, 0.1) is 12.3 Å². The van der Waals surface area contributed by atoms with E-state index in [-0.39, 0.29) is 6.61 Å². The fourth-order valence-corrected chi connectivity index (χ4v) is 2.54. The predicted molar refractivity (Wildman–Crippen MR) is 85.8 cm³/mol. The van der Waals surface area contributed by atoms with Crippen LogP contribution >= 0.6 is 34.8 Å². The standard InChI is InChI=1S/C15H11Cl3N2O/c16-15(17,18)12-5-3-10(4-6-12)13-8-20-7-1-2-11(9-21)14(20)19-13/h1-8,21H,9H2. The van der Waals surface area contributed by atoms with Crippen molar-refractivity contribution in [2.24, 2.45) is 0 Å². The number of aliphatic hydroxyl groups is 1. The first-order valence-corrected chi connectivity index (χ1v) is 7.37. The van der Waals surface area contributed by atoms with Crippen molar-refractivity contribution in [1.82, 2.24) is 9.38 Å². The summed E-state index contributed by atoms with van der Waals surface area (Å²) < 4.78 is 0.450. The first-order chi connectivity index (χ1) is 9.99. The molecule has 0 saturated carbocycles. The lowest BCUT2D eigenvalue weighted by atomic mass is 10.1. The Morgan fingerprint density at radius 1 is 1.10 bits per heavy atom. The summed E-state index contributed by atoms with van der Waals surface area (Å²) in [6.45, 7) is -0.0486. The maximum Gasteiger partial charge on any atom is 0.216 e. The van der Waals surface area contributed by atoms with Crippen LogP contribution in [0.2, 0.25) is 0 Å². The molecule has 0 fully saturated rings. The van der Waals surface area contributed by atoms with Gasteiger partial charge in [0, 0.05) is 29.1 Å². The molecule has 0 saturated heterocycles. The van der Waals surface area contributed by atoms with Crippen molar-refractivity contribution in [2.45, 2.75) is 10.4 Å². The van der Waals surface area contributed by atoms with Crippen LogP contribution < -0.4 is 0 Å². The molecular weight excluding hydrogens is 331 g/mol. The van der Waals surface area contributed by atoms with E-state index in [1.54, 1.807) is 12.1 Å². The molecule has 0 aliphatic heterocycles. The average molecular weight is 342 g/mol. The lowest BCUT2D eigenvalue weighted by Crippen LogP contribution is -1.98. The molecule has 1 N–H and O–H groups in total. The Bertz CT molecular complexity index is 776. The summed E-state index contributed by atoms with van der Waals surface area (Å²) >= 11 is 17.5. The van der Waals surface area contributed by atoms with Crippen LogP contribution in [-0.2, 0) is 10.4 Å². The fourth-order valence-electron chi connectivity index (χ4n) is 2.16. The molecule has 0 radical (unpaired) electrons. The van der Waals surface area contributed by atoms with E-state index in [9.17, 15) is 5.11 Å². The molecule has 3 aromatic rings. The van der Waals surface area contributed by atoms with Crippen LogP contribution in [0.15, 0.2) is 48.8 Å². The van der Waals surface area contributed by atoms with E-state index in [2.05, 4.69) is 4.98 Å². The minimum absolute atomic E-state index is 0.0486. The van der Waals surface area contributed by atoms with E-state index >= 15 is 0 Å². The van der Waals surface area contributed by atoms with Gasteiger partial charge >= 0.3 is 0 Å². The topological polar surface area (TPSA) is 37.5 Å². The number of nitrogens with zero attached hydrogens (tertiary/aromatic N) is 2. The molecule has 2 heterocycles. The lowest BCUT2D eigenvalue weighted by molar-refractivity contribution is 0.282. The van der Waals surface area contributed by atoms with Crippen LogP contribution in [0.5, 0.6) is 0 Å². The van der Waals surface area contributed by atoms with Crippen molar-refractivity contribution in [3.8, 4) is 11.3 Å². The van der Waals surface area contributed by atoms with Crippen LogP contribution in [0, 0.1) is 0 Å². The number of hydrogen-bond acceptors (Lipinski definition) is 2. The fraction of sp³-hybridized carbons (Fsp3) is 0.133. The SMILES string of the molecule is OCc1cccn2cc(-c3ccc(C(Cl)(Cl)Cl)cc3)nc12. The molecule has 0 atom stereocenters. The van der Waals surface area contributed by atoms with Gasteiger partial charge < -0.3 is 9.51 Å². The first kappa shape index (κ1) is 14.7. The highest BCUT2D eigenvalue weighted by Crippen LogP contribution is 2.38. The van der Waals surface area contributed by atoms with Crippen molar-refractivity contribution in [2.75, 3.05) is 0 Å². The van der Waals surface area contributed by atoms with E-state index < -0.39 is 3.79 Å². The quantitative estimate of drug-likeness (QED) is 0.705. The Hall–Kier alpha value is -1.26. The van der Waals surface area contributed by atoms with E-state index in [1.165, 1.54) is 0 Å². The highest BCUT2D eigenvalue weighted by atomic mass is 35.6. The number of benzene rings is 1. The van der Waals surface area contributed by atoms with Crippen LogP contribution in [-0.4, -0.2) is 14.5 Å². The third-order valence-corrected chi connectivity index (χ3v) is 3.90. The summed E-state index contributed by atoms with van der Waals surface area (Å²) in [4.78, 5) is 4.55. The summed E-state index contributed by atoms with van der Waals surface area (Å²) in [5.74, 6) is 0. The normalized spacial score (nSPS) is 12.0. The molecule has 0 spiro atoms. The summed E-state index contributed by atoms with van der Waals surface area (Å²) in [6.07, 6.45) is 3.79. The molecule has 1 aromatic carbocycles. The summed E-state index contributed by atoms with van der Waals surface area (Å²) in [5, 5.41) is 9.34. The third-order valence-electron chi connectivity index (χ3n) is 3.24. The number of rotatable bonds is 2. The average Bonchev–Trinajstić information content (AvgIpc) is 2.90. The van der Waals surface area contributed by atoms with Gasteiger partial charge in [-0.25, -0.2) is 4.98 Å². The van der Waals surface area contributed by atoms with Gasteiger partial charge in [-0.1, -0.05) is 65.1 Å². The third kappa shape index (κ3) is 2.87. The van der Waals surface area contributed by atoms with Crippen LogP contribution in [0.25, 0.3) is 16.9 Å². The molecule has 0 aliphatic rings. The number of aromatic nitrogens is 2. The van der Waals surface area contributed by atoms with E-state index in [0.717, 1.165) is 22.5 Å². The van der Waals surface area contributed by atoms with Gasteiger partial charge in [0.25, 0.3) is 0 Å². The molecule has 0 bridgehead atoms. The number of hydrogen-bond donors (Lipinski definition) is 1. The van der Waals surface area contributed by atoms with Crippen molar-refractivity contribution in [1.29, 1.82) is 0 Å². The highest BCUT2D eigenvalue weighted by Gasteiger charge is 2.22. The van der Waals surface area contributed by atoms with Gasteiger partial charge in [0.2, 0.25) is 3.79 Å². The molecule has 21 heavy (non-hydrogen) atoms. The zero-order chi connectivity index (χ0) is 15.0. The Balaban J connectivity index is 2.04. The van der Waals surface area contributed by atoms with Crippen molar-refractivity contribution < 1.29 is 5.11 Å². The molecule has 108 valence electrons. The summed E-state index contributed by atoms with van der Waals surface area (Å²) in [7, 11) is 0. The second-order valence-corrected chi connectivity index (χ2v) is 6.90. The van der Waals surface area contributed by atoms with Crippen molar-refractivity contribution in [3.63, 3.8) is 0 Å². The Kier molecular flexibility index (Phi) is 3.84. The van der Waals surface area contributed by atoms with Gasteiger partial charge in [0.1, 0.15) is 5.65 Å².